The number of aliphatic carboxylic acids is 2. The van der Waals surface area contributed by atoms with Crippen LogP contribution in [0.2, 0.25) is 0 Å². The van der Waals surface area contributed by atoms with Gasteiger partial charge in [-0.05, 0) is 0 Å². The van der Waals surface area contributed by atoms with Gasteiger partial charge in [0.05, 0.1) is 0 Å². The van der Waals surface area contributed by atoms with Crippen molar-refractivity contribution < 1.29 is 34.8 Å². The summed E-state index contributed by atoms with van der Waals surface area (Å²) in [7, 11) is 0. The molecule has 0 fully saturated rings. The molecule has 0 saturated carbocycles. The Bertz CT molecular complexity index is 136. The fourth-order valence-corrected chi connectivity index (χ4v) is 0. The van der Waals surface area contributed by atoms with Gasteiger partial charge < -0.3 is 20.4 Å². The van der Waals surface area contributed by atoms with Gasteiger partial charge in [-0.2, -0.15) is 0 Å². The first-order valence-electron chi connectivity index (χ1n) is 1.76. The molecular formula is C3H5NaO7. The van der Waals surface area contributed by atoms with Crippen LogP contribution in [0.1, 0.15) is 0 Å². The van der Waals surface area contributed by atoms with Gasteiger partial charge in [-0.25, -0.2) is 14.4 Å². The summed E-state index contributed by atoms with van der Waals surface area (Å²) < 4.78 is 0. The summed E-state index contributed by atoms with van der Waals surface area (Å²) in [4.78, 5) is 26.8. The molecule has 0 heterocycles. The molecule has 0 atom stereocenters. The van der Waals surface area contributed by atoms with Crippen LogP contribution in [0.4, 0.5) is 4.79 Å². The number of hydrogen-bond donors (Lipinski definition) is 4. The van der Waals surface area contributed by atoms with Gasteiger partial charge in [-0.15, -0.1) is 0 Å². The van der Waals surface area contributed by atoms with Crippen LogP contribution in [0, 0.1) is 0 Å². The van der Waals surface area contributed by atoms with Gasteiger partial charge in [-0.3, -0.25) is 0 Å². The van der Waals surface area contributed by atoms with E-state index in [1.165, 1.54) is 0 Å². The number of hydrogen-bond acceptors (Lipinski definition) is 3. The van der Waals surface area contributed by atoms with E-state index in [1.54, 1.807) is 0 Å². The normalized spacial score (nSPS) is 6.18. The average Bonchev–Trinajstić information content (AvgIpc) is 1.63. The first-order chi connectivity index (χ1) is 4.37. The van der Waals surface area contributed by atoms with Crippen molar-refractivity contribution in [3.05, 3.63) is 0 Å². The van der Waals surface area contributed by atoms with Crippen molar-refractivity contribution in [2.75, 3.05) is 0 Å². The number of carboxylic acids is 2. The standard InChI is InChI=1S/C2H2O4.CH2O3.Na.H/c3-1(4)2(5)6;2-1(3)4;;/h(H,3,4)(H,5,6);(H2,2,3,4);;. The maximum absolute atomic E-state index is 9.10. The van der Waals surface area contributed by atoms with Crippen molar-refractivity contribution in [1.82, 2.24) is 0 Å². The molecule has 60 valence electrons. The molecule has 0 bridgehead atoms. The van der Waals surface area contributed by atoms with Gasteiger partial charge >= 0.3 is 47.7 Å². The molecule has 0 unspecified atom stereocenters. The van der Waals surface area contributed by atoms with E-state index in [0.717, 1.165) is 0 Å². The van der Waals surface area contributed by atoms with E-state index >= 15 is 0 Å². The molecule has 0 aromatic carbocycles. The van der Waals surface area contributed by atoms with Gasteiger partial charge in [-0.1, -0.05) is 0 Å². The van der Waals surface area contributed by atoms with E-state index < -0.39 is 18.1 Å². The number of rotatable bonds is 0. The molecule has 0 aromatic rings. The molecule has 0 spiro atoms. The molecule has 0 saturated heterocycles. The molecule has 8 heteroatoms. The Labute approximate surface area is 82.5 Å². The van der Waals surface area contributed by atoms with Crippen LogP contribution in [0.5, 0.6) is 0 Å². The van der Waals surface area contributed by atoms with Crippen molar-refractivity contribution in [2.24, 2.45) is 0 Å². The molecule has 0 aromatic heterocycles. The molecule has 4 N–H and O–H groups in total. The van der Waals surface area contributed by atoms with E-state index in [1.807, 2.05) is 0 Å². The Hall–Kier alpha value is -0.790. The summed E-state index contributed by atoms with van der Waals surface area (Å²) in [6.45, 7) is 0. The topological polar surface area (TPSA) is 132 Å². The Morgan fingerprint density at radius 1 is 0.727 bits per heavy atom. The summed E-state index contributed by atoms with van der Waals surface area (Å²) in [6.07, 6.45) is -1.83. The van der Waals surface area contributed by atoms with E-state index in [2.05, 4.69) is 0 Å². The Balaban J connectivity index is -0.000000114. The predicted molar refractivity (Wildman–Crippen MR) is 33.1 cm³/mol. The summed E-state index contributed by atoms with van der Waals surface area (Å²) in [5.74, 6) is -3.65. The fourth-order valence-electron chi connectivity index (χ4n) is 0. The second-order valence-electron chi connectivity index (χ2n) is 0.893. The van der Waals surface area contributed by atoms with Crippen LogP contribution in [-0.4, -0.2) is 68.1 Å². The Morgan fingerprint density at radius 3 is 0.818 bits per heavy atom. The van der Waals surface area contributed by atoms with E-state index in [0.29, 0.717) is 0 Å². The second kappa shape index (κ2) is 9.21. The third-order valence-corrected chi connectivity index (χ3v) is 0.183. The number of carbonyl (C=O) groups is 3. The molecule has 11 heavy (non-hydrogen) atoms. The average molecular weight is 176 g/mol. The molecule has 0 amide bonds. The molecular weight excluding hydrogens is 171 g/mol. The summed E-state index contributed by atoms with van der Waals surface area (Å²) in [6, 6.07) is 0. The van der Waals surface area contributed by atoms with Crippen LogP contribution in [0.3, 0.4) is 0 Å². The second-order valence-corrected chi connectivity index (χ2v) is 0.893. The molecule has 0 radical (unpaired) electrons. The summed E-state index contributed by atoms with van der Waals surface area (Å²) in [5, 5.41) is 28.7. The monoisotopic (exact) mass is 176 g/mol. The quantitative estimate of drug-likeness (QED) is 0.267. The van der Waals surface area contributed by atoms with E-state index in [4.69, 9.17) is 34.8 Å². The Morgan fingerprint density at radius 2 is 0.818 bits per heavy atom. The zero-order chi connectivity index (χ0) is 8.73. The van der Waals surface area contributed by atoms with Crippen LogP contribution in [-0.2, 0) is 9.59 Å². The predicted octanol–water partition coefficient (Wildman–Crippen LogP) is -1.27. The van der Waals surface area contributed by atoms with E-state index in [9.17, 15) is 0 Å². The van der Waals surface area contributed by atoms with Crippen LogP contribution in [0.25, 0.3) is 0 Å². The first kappa shape index (κ1) is 16.7. The zero-order valence-electron chi connectivity index (χ0n) is 4.51. The first-order valence-corrected chi connectivity index (χ1v) is 1.76. The Kier molecular flexibility index (Phi) is 13.9. The van der Waals surface area contributed by atoms with Crippen molar-refractivity contribution >= 4 is 47.7 Å². The summed E-state index contributed by atoms with van der Waals surface area (Å²) >= 11 is 0. The minimum absolute atomic E-state index is 0. The van der Waals surface area contributed by atoms with Gasteiger partial charge in [0.1, 0.15) is 0 Å². The van der Waals surface area contributed by atoms with E-state index in [-0.39, 0.29) is 29.6 Å². The third-order valence-electron chi connectivity index (χ3n) is 0.183. The fraction of sp³-hybridized carbons (Fsp3) is 0. The van der Waals surface area contributed by atoms with Crippen LogP contribution in [0.15, 0.2) is 0 Å². The van der Waals surface area contributed by atoms with Gasteiger partial charge in [0, 0.05) is 0 Å². The van der Waals surface area contributed by atoms with Crippen molar-refractivity contribution in [3.63, 3.8) is 0 Å². The molecule has 7 nitrogen and oxygen atoms in total. The zero-order valence-corrected chi connectivity index (χ0v) is 4.51. The van der Waals surface area contributed by atoms with Gasteiger partial charge in [0.2, 0.25) is 0 Å². The third kappa shape index (κ3) is 46.5. The van der Waals surface area contributed by atoms with Crippen molar-refractivity contribution in [2.45, 2.75) is 0 Å². The SMILES string of the molecule is O=C(O)C(=O)O.O=C(O)O.[NaH]. The minimum atomic E-state index is -1.83. The van der Waals surface area contributed by atoms with Crippen LogP contribution < -0.4 is 0 Å². The van der Waals surface area contributed by atoms with Crippen LogP contribution >= 0.6 is 0 Å². The molecule has 0 aliphatic heterocycles. The molecule has 0 rings (SSSR count). The molecule has 0 aliphatic carbocycles. The molecule has 0 aliphatic rings. The summed E-state index contributed by atoms with van der Waals surface area (Å²) in [5.41, 5.74) is 0. The van der Waals surface area contributed by atoms with Gasteiger partial charge in [0.15, 0.2) is 0 Å². The number of carboxylic acid groups (broad SMARTS) is 4. The van der Waals surface area contributed by atoms with Crippen molar-refractivity contribution in [3.8, 4) is 0 Å². The van der Waals surface area contributed by atoms with Gasteiger partial charge in [0.25, 0.3) is 0 Å². The van der Waals surface area contributed by atoms with Crippen molar-refractivity contribution in [1.29, 1.82) is 0 Å². The maximum atomic E-state index is 9.10.